The van der Waals surface area contributed by atoms with Gasteiger partial charge in [-0.1, -0.05) is 32.5 Å². The van der Waals surface area contributed by atoms with Crippen molar-refractivity contribution in [1.82, 2.24) is 0 Å². The zero-order chi connectivity index (χ0) is 10.1. The van der Waals surface area contributed by atoms with E-state index in [4.69, 9.17) is 4.74 Å². The second-order valence-electron chi connectivity index (χ2n) is 2.59. The fraction of sp³-hybridized carbons (Fsp3) is 0.538. The van der Waals surface area contributed by atoms with Gasteiger partial charge in [0.15, 0.2) is 0 Å². The van der Waals surface area contributed by atoms with Crippen LogP contribution in [0, 0.1) is 6.92 Å². The number of methoxy groups -OCH3 is 2. The molecular weight excluding hydrogens is 188 g/mol. The van der Waals surface area contributed by atoms with Crippen molar-refractivity contribution < 1.29 is 9.47 Å². The van der Waals surface area contributed by atoms with E-state index in [1.807, 2.05) is 31.2 Å². The van der Waals surface area contributed by atoms with Crippen molar-refractivity contribution in [3.63, 3.8) is 0 Å². The maximum Gasteiger partial charge on any atom is 0.118 e. The Kier molecular flexibility index (Phi) is 16.9. The van der Waals surface area contributed by atoms with E-state index in [1.165, 1.54) is 5.56 Å². The second kappa shape index (κ2) is 13.0. The van der Waals surface area contributed by atoms with Gasteiger partial charge in [0.1, 0.15) is 5.75 Å². The smallest absolute Gasteiger partial charge is 0.118 e. The quantitative estimate of drug-likeness (QED) is 0.742. The highest BCUT2D eigenvalue weighted by molar-refractivity contribution is 5.25. The minimum Gasteiger partial charge on any atom is -0.497 e. The van der Waals surface area contributed by atoms with E-state index in [-0.39, 0.29) is 14.9 Å². The second-order valence-corrected chi connectivity index (χ2v) is 2.59. The lowest BCUT2D eigenvalue weighted by molar-refractivity contribution is 0.215. The van der Waals surface area contributed by atoms with Crippen LogP contribution in [0.3, 0.4) is 0 Å². The van der Waals surface area contributed by atoms with Gasteiger partial charge in [0.25, 0.3) is 0 Å². The lowest BCUT2D eigenvalue weighted by Gasteiger charge is -1.97. The van der Waals surface area contributed by atoms with Crippen molar-refractivity contribution in [1.29, 1.82) is 0 Å². The summed E-state index contributed by atoms with van der Waals surface area (Å²) in [4.78, 5) is 0. The molecule has 0 amide bonds. The first-order valence-electron chi connectivity index (χ1n) is 4.34. The first-order chi connectivity index (χ1) is 6.24. The maximum atomic E-state index is 4.97. The lowest BCUT2D eigenvalue weighted by Crippen LogP contribution is -1.80. The topological polar surface area (TPSA) is 18.5 Å². The predicted molar refractivity (Wildman–Crippen MR) is 68.7 cm³/mol. The predicted octanol–water partition coefficient (Wildman–Crippen LogP) is 3.93. The van der Waals surface area contributed by atoms with Gasteiger partial charge in [-0.25, -0.2) is 0 Å². The van der Waals surface area contributed by atoms with E-state index < -0.39 is 0 Å². The number of rotatable bonds is 2. The highest BCUT2D eigenvalue weighted by Gasteiger charge is 1.85. The van der Waals surface area contributed by atoms with Gasteiger partial charge in [-0.05, 0) is 26.0 Å². The summed E-state index contributed by atoms with van der Waals surface area (Å²) in [6, 6.07) is 7.96. The van der Waals surface area contributed by atoms with E-state index in [1.54, 1.807) is 14.2 Å². The van der Waals surface area contributed by atoms with Crippen LogP contribution in [0.25, 0.3) is 0 Å². The summed E-state index contributed by atoms with van der Waals surface area (Å²) in [5, 5.41) is 0. The molecule has 2 heteroatoms. The standard InChI is InChI=1S/C8H10O.C3H8O.2CH4/c1-7-3-5-8(9-2)6-4-7;1-3-4-2;;/h3-6H,1-2H3;3H2,1-2H3;2*1H4. The molecule has 0 saturated carbocycles. The van der Waals surface area contributed by atoms with Gasteiger partial charge in [-0.3, -0.25) is 0 Å². The molecule has 0 heterocycles. The minimum absolute atomic E-state index is 0. The van der Waals surface area contributed by atoms with Gasteiger partial charge in [-0.2, -0.15) is 0 Å². The third kappa shape index (κ3) is 10.9. The van der Waals surface area contributed by atoms with Crippen LogP contribution in [0.4, 0.5) is 0 Å². The van der Waals surface area contributed by atoms with Crippen molar-refractivity contribution >= 4 is 0 Å². The van der Waals surface area contributed by atoms with Crippen LogP contribution in [0.5, 0.6) is 5.75 Å². The van der Waals surface area contributed by atoms with Gasteiger partial charge in [-0.15, -0.1) is 0 Å². The van der Waals surface area contributed by atoms with Gasteiger partial charge >= 0.3 is 0 Å². The molecule has 0 aliphatic rings. The Morgan fingerprint density at radius 3 is 1.67 bits per heavy atom. The molecule has 0 spiro atoms. The molecule has 1 aromatic rings. The van der Waals surface area contributed by atoms with Crippen LogP contribution in [0.2, 0.25) is 0 Å². The summed E-state index contributed by atoms with van der Waals surface area (Å²) in [5.74, 6) is 0.917. The fourth-order valence-corrected chi connectivity index (χ4v) is 0.674. The number of aryl methyl sites for hydroxylation is 1. The molecular formula is C13H26O2. The van der Waals surface area contributed by atoms with Gasteiger partial charge in [0, 0.05) is 13.7 Å². The molecule has 0 bridgehead atoms. The molecule has 0 unspecified atom stereocenters. The first kappa shape index (κ1) is 19.5. The molecule has 1 rings (SSSR count). The summed E-state index contributed by atoms with van der Waals surface area (Å²) in [7, 11) is 3.35. The Labute approximate surface area is 95.2 Å². The molecule has 2 nitrogen and oxygen atoms in total. The fourth-order valence-electron chi connectivity index (χ4n) is 0.674. The van der Waals surface area contributed by atoms with Crippen molar-refractivity contribution in [3.05, 3.63) is 29.8 Å². The first-order valence-corrected chi connectivity index (χ1v) is 4.34. The SMILES string of the molecule is C.C.CCOC.COc1ccc(C)cc1. The Morgan fingerprint density at radius 1 is 1.00 bits per heavy atom. The summed E-state index contributed by atoms with van der Waals surface area (Å²) < 4.78 is 9.51. The third-order valence-electron chi connectivity index (χ3n) is 1.55. The number of hydrogen-bond acceptors (Lipinski definition) is 2. The average Bonchev–Trinajstić information content (AvgIpc) is 2.19. The molecule has 15 heavy (non-hydrogen) atoms. The third-order valence-corrected chi connectivity index (χ3v) is 1.55. The van der Waals surface area contributed by atoms with E-state index in [2.05, 4.69) is 11.7 Å². The van der Waals surface area contributed by atoms with Crippen LogP contribution in [-0.2, 0) is 4.74 Å². The normalized spacial score (nSPS) is 7.47. The van der Waals surface area contributed by atoms with Gasteiger partial charge < -0.3 is 9.47 Å². The van der Waals surface area contributed by atoms with Crippen molar-refractivity contribution in [2.45, 2.75) is 28.7 Å². The summed E-state index contributed by atoms with van der Waals surface area (Å²) in [6.45, 7) is 4.83. The maximum absolute atomic E-state index is 4.97. The minimum atomic E-state index is 0. The molecule has 0 aliphatic carbocycles. The summed E-state index contributed by atoms with van der Waals surface area (Å²) >= 11 is 0. The molecule has 0 radical (unpaired) electrons. The molecule has 0 N–H and O–H groups in total. The van der Waals surface area contributed by atoms with Crippen molar-refractivity contribution in [2.75, 3.05) is 20.8 Å². The largest absolute Gasteiger partial charge is 0.497 e. The zero-order valence-electron chi connectivity index (χ0n) is 8.83. The number of hydrogen-bond donors (Lipinski definition) is 0. The highest BCUT2D eigenvalue weighted by Crippen LogP contribution is 2.09. The van der Waals surface area contributed by atoms with Crippen molar-refractivity contribution in [3.8, 4) is 5.75 Å². The molecule has 0 saturated heterocycles. The number of ether oxygens (including phenoxy) is 2. The Bertz CT molecular complexity index is 202. The molecule has 0 aliphatic heterocycles. The van der Waals surface area contributed by atoms with Crippen LogP contribution in [0.1, 0.15) is 27.3 Å². The van der Waals surface area contributed by atoms with Crippen LogP contribution in [0.15, 0.2) is 24.3 Å². The molecule has 0 aromatic heterocycles. The van der Waals surface area contributed by atoms with E-state index in [0.29, 0.717) is 0 Å². The Hall–Kier alpha value is -1.02. The number of benzene rings is 1. The summed E-state index contributed by atoms with van der Waals surface area (Å²) in [6.07, 6.45) is 0. The van der Waals surface area contributed by atoms with E-state index in [9.17, 15) is 0 Å². The van der Waals surface area contributed by atoms with Crippen molar-refractivity contribution in [2.24, 2.45) is 0 Å². The zero-order valence-corrected chi connectivity index (χ0v) is 8.83. The average molecular weight is 214 g/mol. The van der Waals surface area contributed by atoms with Crippen LogP contribution in [-0.4, -0.2) is 20.8 Å². The molecule has 1 aromatic carbocycles. The van der Waals surface area contributed by atoms with Crippen LogP contribution < -0.4 is 4.74 Å². The summed E-state index contributed by atoms with van der Waals surface area (Å²) in [5.41, 5.74) is 1.26. The van der Waals surface area contributed by atoms with Gasteiger partial charge in [0.05, 0.1) is 7.11 Å². The lowest BCUT2D eigenvalue weighted by atomic mass is 10.2. The van der Waals surface area contributed by atoms with E-state index in [0.717, 1.165) is 12.4 Å². The molecule has 0 fully saturated rings. The molecule has 0 atom stereocenters. The highest BCUT2D eigenvalue weighted by atomic mass is 16.5. The van der Waals surface area contributed by atoms with Crippen LogP contribution >= 0.6 is 0 Å². The van der Waals surface area contributed by atoms with Gasteiger partial charge in [0.2, 0.25) is 0 Å². The monoisotopic (exact) mass is 214 g/mol. The van der Waals surface area contributed by atoms with E-state index >= 15 is 0 Å². The Morgan fingerprint density at radius 2 is 1.40 bits per heavy atom. The molecule has 90 valence electrons. The Balaban J connectivity index is -0.000000213.